The number of nitrogens with one attached hydrogen (secondary N) is 1. The topological polar surface area (TPSA) is 50.8 Å². The van der Waals surface area contributed by atoms with Crippen LogP contribution in [-0.4, -0.2) is 57.3 Å². The van der Waals surface area contributed by atoms with Gasteiger partial charge in [0.05, 0.1) is 7.11 Å². The number of carbonyl (C=O) groups excluding carboxylic acids is 1. The zero-order valence-electron chi connectivity index (χ0n) is 14.1. The zero-order chi connectivity index (χ0) is 16.0. The standard InChI is InChI=1S/C17H26N2O3.ClH/c1-19(13-8-14-6-4-5-7-15(14)21-2)16(20)17(22-3)9-11-18-12-10-17;/h4-7,18H,8-13H2,1-3H3;1H. The Hall–Kier alpha value is -1.30. The SMILES string of the molecule is COc1ccccc1CCN(C)C(=O)C1(OC)CCNCC1.Cl. The number of ether oxygens (including phenoxy) is 2. The summed E-state index contributed by atoms with van der Waals surface area (Å²) in [7, 11) is 5.15. The fraction of sp³-hybridized carbons (Fsp3) is 0.588. The first kappa shape index (κ1) is 19.7. The zero-order valence-corrected chi connectivity index (χ0v) is 14.9. The van der Waals surface area contributed by atoms with Crippen molar-refractivity contribution in [1.29, 1.82) is 0 Å². The Bertz CT molecular complexity index is 504. The highest BCUT2D eigenvalue weighted by Crippen LogP contribution is 2.25. The van der Waals surface area contributed by atoms with Crippen LogP contribution in [0.25, 0.3) is 0 Å². The van der Waals surface area contributed by atoms with Gasteiger partial charge < -0.3 is 19.7 Å². The van der Waals surface area contributed by atoms with Crippen LogP contribution < -0.4 is 10.1 Å². The van der Waals surface area contributed by atoms with Gasteiger partial charge in [0.25, 0.3) is 5.91 Å². The number of halogens is 1. The van der Waals surface area contributed by atoms with Gasteiger partial charge in [-0.05, 0) is 44.0 Å². The van der Waals surface area contributed by atoms with E-state index in [-0.39, 0.29) is 18.3 Å². The van der Waals surface area contributed by atoms with E-state index in [0.717, 1.165) is 43.7 Å². The molecular formula is C17H27ClN2O3. The Balaban J connectivity index is 0.00000264. The molecule has 1 saturated heterocycles. The number of nitrogens with zero attached hydrogens (tertiary/aromatic N) is 1. The molecule has 0 aromatic heterocycles. The van der Waals surface area contributed by atoms with Crippen LogP contribution in [0.3, 0.4) is 0 Å². The molecule has 5 nitrogen and oxygen atoms in total. The largest absolute Gasteiger partial charge is 0.496 e. The predicted octanol–water partition coefficient (Wildman–Crippen LogP) is 1.89. The van der Waals surface area contributed by atoms with E-state index in [0.29, 0.717) is 6.54 Å². The molecule has 1 aliphatic heterocycles. The third kappa shape index (κ3) is 4.59. The molecule has 1 heterocycles. The summed E-state index contributed by atoms with van der Waals surface area (Å²) in [5.41, 5.74) is 0.447. The summed E-state index contributed by atoms with van der Waals surface area (Å²) in [6.07, 6.45) is 2.22. The molecule has 1 N–H and O–H groups in total. The maximum Gasteiger partial charge on any atom is 0.254 e. The van der Waals surface area contributed by atoms with Crippen molar-refractivity contribution in [2.75, 3.05) is 40.9 Å². The van der Waals surface area contributed by atoms with Crippen LogP contribution in [0, 0.1) is 0 Å². The second kappa shape index (κ2) is 9.11. The lowest BCUT2D eigenvalue weighted by Crippen LogP contribution is -2.54. The number of benzene rings is 1. The summed E-state index contributed by atoms with van der Waals surface area (Å²) in [6, 6.07) is 7.92. The van der Waals surface area contributed by atoms with Crippen molar-refractivity contribution in [3.05, 3.63) is 29.8 Å². The minimum atomic E-state index is -0.666. The number of piperidine rings is 1. The maximum absolute atomic E-state index is 12.8. The molecule has 0 aliphatic carbocycles. The van der Waals surface area contributed by atoms with Crippen LogP contribution >= 0.6 is 12.4 Å². The third-order valence-corrected chi connectivity index (χ3v) is 4.45. The van der Waals surface area contributed by atoms with Crippen LogP contribution in [0.4, 0.5) is 0 Å². The van der Waals surface area contributed by atoms with Crippen LogP contribution in [0.1, 0.15) is 18.4 Å². The lowest BCUT2D eigenvalue weighted by atomic mass is 9.90. The van der Waals surface area contributed by atoms with Crippen LogP contribution in [-0.2, 0) is 16.0 Å². The first-order chi connectivity index (χ1) is 10.6. The van der Waals surface area contributed by atoms with Crippen molar-refractivity contribution in [3.63, 3.8) is 0 Å². The number of likely N-dealkylation sites (N-methyl/N-ethyl adjacent to an activating group) is 1. The van der Waals surface area contributed by atoms with E-state index in [9.17, 15) is 4.79 Å². The van der Waals surface area contributed by atoms with Crippen LogP contribution in [0.15, 0.2) is 24.3 Å². The summed E-state index contributed by atoms with van der Waals surface area (Å²) in [5.74, 6) is 0.943. The molecule has 23 heavy (non-hydrogen) atoms. The Morgan fingerprint density at radius 3 is 2.52 bits per heavy atom. The fourth-order valence-corrected chi connectivity index (χ4v) is 2.98. The highest BCUT2D eigenvalue weighted by atomic mass is 35.5. The Morgan fingerprint density at radius 1 is 1.26 bits per heavy atom. The van der Waals surface area contributed by atoms with Gasteiger partial charge in [-0.1, -0.05) is 18.2 Å². The number of methoxy groups -OCH3 is 2. The van der Waals surface area contributed by atoms with E-state index in [1.165, 1.54) is 0 Å². The normalized spacial score (nSPS) is 16.3. The van der Waals surface area contributed by atoms with E-state index < -0.39 is 5.60 Å². The first-order valence-corrected chi connectivity index (χ1v) is 7.76. The van der Waals surface area contributed by atoms with Crippen LogP contribution in [0.2, 0.25) is 0 Å². The molecule has 0 radical (unpaired) electrons. The number of hydrogen-bond acceptors (Lipinski definition) is 4. The van der Waals surface area contributed by atoms with E-state index in [1.807, 2.05) is 31.3 Å². The average molecular weight is 343 g/mol. The molecule has 0 saturated carbocycles. The monoisotopic (exact) mass is 342 g/mol. The molecule has 0 unspecified atom stereocenters. The van der Waals surface area contributed by atoms with E-state index in [1.54, 1.807) is 19.1 Å². The molecule has 1 fully saturated rings. The van der Waals surface area contributed by atoms with Gasteiger partial charge >= 0.3 is 0 Å². The van der Waals surface area contributed by atoms with Gasteiger partial charge in [-0.2, -0.15) is 0 Å². The van der Waals surface area contributed by atoms with Crippen molar-refractivity contribution < 1.29 is 14.3 Å². The van der Waals surface area contributed by atoms with Gasteiger partial charge in [0.15, 0.2) is 0 Å². The predicted molar refractivity (Wildman–Crippen MR) is 93.4 cm³/mol. The highest BCUT2D eigenvalue weighted by molar-refractivity contribution is 5.85. The molecule has 0 atom stereocenters. The Morgan fingerprint density at radius 2 is 1.91 bits per heavy atom. The fourth-order valence-electron chi connectivity index (χ4n) is 2.98. The van der Waals surface area contributed by atoms with Crippen molar-refractivity contribution in [2.45, 2.75) is 24.9 Å². The second-order valence-electron chi connectivity index (χ2n) is 5.74. The number of rotatable bonds is 6. The molecule has 130 valence electrons. The lowest BCUT2D eigenvalue weighted by molar-refractivity contribution is -0.156. The number of amides is 1. The summed E-state index contributed by atoms with van der Waals surface area (Å²) >= 11 is 0. The quantitative estimate of drug-likeness (QED) is 0.857. The summed E-state index contributed by atoms with van der Waals surface area (Å²) in [5, 5.41) is 3.27. The van der Waals surface area contributed by atoms with Crippen LogP contribution in [0.5, 0.6) is 5.75 Å². The molecule has 1 amide bonds. The molecule has 6 heteroatoms. The molecule has 1 aromatic carbocycles. The summed E-state index contributed by atoms with van der Waals surface area (Å²) < 4.78 is 11.0. The molecule has 1 aromatic rings. The highest BCUT2D eigenvalue weighted by Gasteiger charge is 2.41. The average Bonchev–Trinajstić information content (AvgIpc) is 2.59. The lowest BCUT2D eigenvalue weighted by Gasteiger charge is -2.37. The van der Waals surface area contributed by atoms with Gasteiger partial charge in [0, 0.05) is 20.7 Å². The van der Waals surface area contributed by atoms with Gasteiger partial charge in [0.1, 0.15) is 11.4 Å². The molecule has 2 rings (SSSR count). The smallest absolute Gasteiger partial charge is 0.254 e. The summed E-state index contributed by atoms with van der Waals surface area (Å²) in [6.45, 7) is 2.29. The molecule has 1 aliphatic rings. The first-order valence-electron chi connectivity index (χ1n) is 7.76. The van der Waals surface area contributed by atoms with Gasteiger partial charge in [-0.15, -0.1) is 12.4 Å². The van der Waals surface area contributed by atoms with E-state index in [2.05, 4.69) is 5.32 Å². The summed E-state index contributed by atoms with van der Waals surface area (Å²) in [4.78, 5) is 14.5. The Labute approximate surface area is 144 Å². The molecule has 0 bridgehead atoms. The number of hydrogen-bond donors (Lipinski definition) is 1. The number of para-hydroxylation sites is 1. The van der Waals surface area contributed by atoms with E-state index >= 15 is 0 Å². The van der Waals surface area contributed by atoms with Gasteiger partial charge in [-0.3, -0.25) is 4.79 Å². The maximum atomic E-state index is 12.8. The Kier molecular flexibility index (Phi) is 7.82. The van der Waals surface area contributed by atoms with Crippen molar-refractivity contribution >= 4 is 18.3 Å². The van der Waals surface area contributed by atoms with Crippen molar-refractivity contribution in [1.82, 2.24) is 10.2 Å². The van der Waals surface area contributed by atoms with E-state index in [4.69, 9.17) is 9.47 Å². The minimum Gasteiger partial charge on any atom is -0.496 e. The molecule has 0 spiro atoms. The molecular weight excluding hydrogens is 316 g/mol. The van der Waals surface area contributed by atoms with Crippen molar-refractivity contribution in [3.8, 4) is 5.75 Å². The third-order valence-electron chi connectivity index (χ3n) is 4.45. The number of carbonyl (C=O) groups is 1. The van der Waals surface area contributed by atoms with Gasteiger partial charge in [-0.25, -0.2) is 0 Å². The second-order valence-corrected chi connectivity index (χ2v) is 5.74. The minimum absolute atomic E-state index is 0. The van der Waals surface area contributed by atoms with Gasteiger partial charge in [0.2, 0.25) is 0 Å². The van der Waals surface area contributed by atoms with Crippen molar-refractivity contribution in [2.24, 2.45) is 0 Å².